The van der Waals surface area contributed by atoms with Crippen LogP contribution in [0.5, 0.6) is 0 Å². The molecule has 0 fully saturated rings. The lowest BCUT2D eigenvalue weighted by Gasteiger charge is -2.17. The van der Waals surface area contributed by atoms with E-state index in [1.165, 1.54) is 4.90 Å². The minimum absolute atomic E-state index is 0.273. The van der Waals surface area contributed by atoms with E-state index in [-0.39, 0.29) is 12.3 Å². The van der Waals surface area contributed by atoms with Gasteiger partial charge in [0.25, 0.3) is 0 Å². The van der Waals surface area contributed by atoms with Crippen molar-refractivity contribution >= 4 is 40.7 Å². The summed E-state index contributed by atoms with van der Waals surface area (Å²) >= 11 is 12.0. The van der Waals surface area contributed by atoms with Gasteiger partial charge in [-0.15, -0.1) is 0 Å². The van der Waals surface area contributed by atoms with Crippen molar-refractivity contribution in [3.63, 3.8) is 0 Å². The highest BCUT2D eigenvalue weighted by atomic mass is 35.5. The molecule has 0 spiro atoms. The quantitative estimate of drug-likeness (QED) is 0.829. The van der Waals surface area contributed by atoms with Crippen LogP contribution in [0.1, 0.15) is 12.0 Å². The Hall–Kier alpha value is -2.04. The van der Waals surface area contributed by atoms with Crippen molar-refractivity contribution in [3.05, 3.63) is 64.1 Å². The molecule has 0 aliphatic rings. The Kier molecular flexibility index (Phi) is 6.02. The molecule has 0 atom stereocenters. The van der Waals surface area contributed by atoms with E-state index in [2.05, 4.69) is 5.32 Å². The van der Waals surface area contributed by atoms with E-state index in [0.29, 0.717) is 22.3 Å². The average molecular weight is 351 g/mol. The zero-order chi connectivity index (χ0) is 16.8. The number of halogens is 2. The predicted molar refractivity (Wildman–Crippen MR) is 92.6 cm³/mol. The molecule has 1 N–H and O–H groups in total. The third kappa shape index (κ3) is 4.98. The minimum atomic E-state index is -0.454. The second kappa shape index (κ2) is 7.99. The Morgan fingerprint density at radius 1 is 1.00 bits per heavy atom. The highest BCUT2D eigenvalue weighted by Gasteiger charge is 2.16. The third-order valence-electron chi connectivity index (χ3n) is 3.23. The Bertz CT molecular complexity index is 685. The second-order valence-corrected chi connectivity index (χ2v) is 5.87. The van der Waals surface area contributed by atoms with Crippen LogP contribution in [0.2, 0.25) is 10.0 Å². The minimum Gasteiger partial charge on any atom is -0.341 e. The summed E-state index contributed by atoms with van der Waals surface area (Å²) in [5.41, 5.74) is 1.32. The molecule has 2 rings (SSSR count). The van der Waals surface area contributed by atoms with Crippen molar-refractivity contribution in [3.8, 4) is 0 Å². The van der Waals surface area contributed by atoms with Crippen molar-refractivity contribution in [2.75, 3.05) is 12.4 Å². The van der Waals surface area contributed by atoms with Crippen LogP contribution in [0, 0.1) is 0 Å². The van der Waals surface area contributed by atoms with E-state index in [9.17, 15) is 9.59 Å². The number of carbonyl (C=O) groups is 2. The van der Waals surface area contributed by atoms with Gasteiger partial charge in [-0.1, -0.05) is 59.6 Å². The summed E-state index contributed by atoms with van der Waals surface area (Å²) in [6.45, 7) is 0.444. The number of anilines is 1. The first kappa shape index (κ1) is 17.3. The maximum Gasteiger partial charge on any atom is 0.233 e. The fraction of sp³-hybridized carbons (Fsp3) is 0.176. The molecule has 0 aliphatic heterocycles. The molecule has 0 saturated heterocycles. The summed E-state index contributed by atoms with van der Waals surface area (Å²) in [7, 11) is 1.66. The molecular weight excluding hydrogens is 335 g/mol. The van der Waals surface area contributed by atoms with Crippen molar-refractivity contribution in [1.82, 2.24) is 4.90 Å². The van der Waals surface area contributed by atoms with Crippen LogP contribution in [-0.4, -0.2) is 23.8 Å². The molecule has 120 valence electrons. The number of carbonyl (C=O) groups excluding carboxylic acids is 2. The largest absolute Gasteiger partial charge is 0.341 e. The van der Waals surface area contributed by atoms with E-state index in [4.69, 9.17) is 23.2 Å². The lowest BCUT2D eigenvalue weighted by atomic mass is 10.2. The van der Waals surface area contributed by atoms with E-state index >= 15 is 0 Å². The maximum absolute atomic E-state index is 12.1. The zero-order valence-corrected chi connectivity index (χ0v) is 14.1. The van der Waals surface area contributed by atoms with E-state index in [0.717, 1.165) is 5.56 Å². The van der Waals surface area contributed by atoms with Crippen LogP contribution in [0.3, 0.4) is 0 Å². The highest BCUT2D eigenvalue weighted by Crippen LogP contribution is 2.29. The molecule has 23 heavy (non-hydrogen) atoms. The Labute approximate surface area is 145 Å². The fourth-order valence-corrected chi connectivity index (χ4v) is 2.51. The van der Waals surface area contributed by atoms with Crippen LogP contribution in [-0.2, 0) is 16.1 Å². The number of hydrogen-bond acceptors (Lipinski definition) is 2. The van der Waals surface area contributed by atoms with Gasteiger partial charge < -0.3 is 10.2 Å². The Morgan fingerprint density at radius 2 is 1.61 bits per heavy atom. The van der Waals surface area contributed by atoms with Gasteiger partial charge in [0.05, 0.1) is 15.7 Å². The van der Waals surface area contributed by atoms with Gasteiger partial charge in [-0.3, -0.25) is 9.59 Å². The molecule has 0 saturated carbocycles. The van der Waals surface area contributed by atoms with Gasteiger partial charge in [-0.25, -0.2) is 0 Å². The number of hydrogen-bond donors (Lipinski definition) is 1. The van der Waals surface area contributed by atoms with Crippen LogP contribution < -0.4 is 5.32 Å². The monoisotopic (exact) mass is 350 g/mol. The van der Waals surface area contributed by atoms with E-state index < -0.39 is 5.91 Å². The van der Waals surface area contributed by atoms with Crippen molar-refractivity contribution in [2.24, 2.45) is 0 Å². The van der Waals surface area contributed by atoms with E-state index in [1.54, 1.807) is 25.2 Å². The highest BCUT2D eigenvalue weighted by molar-refractivity contribution is 6.39. The molecule has 0 radical (unpaired) electrons. The normalized spacial score (nSPS) is 10.2. The van der Waals surface area contributed by atoms with E-state index in [1.807, 2.05) is 30.3 Å². The number of benzene rings is 2. The second-order valence-electron chi connectivity index (χ2n) is 5.06. The van der Waals surface area contributed by atoms with Crippen molar-refractivity contribution in [2.45, 2.75) is 13.0 Å². The molecule has 0 aromatic heterocycles. The summed E-state index contributed by atoms with van der Waals surface area (Å²) < 4.78 is 0. The molecule has 2 aromatic carbocycles. The van der Waals surface area contributed by atoms with Gasteiger partial charge >= 0.3 is 0 Å². The van der Waals surface area contributed by atoms with Crippen LogP contribution in [0.4, 0.5) is 5.69 Å². The summed E-state index contributed by atoms with van der Waals surface area (Å²) in [6.07, 6.45) is -0.273. The van der Waals surface area contributed by atoms with Gasteiger partial charge in [0.15, 0.2) is 0 Å². The van der Waals surface area contributed by atoms with Gasteiger partial charge in [0.2, 0.25) is 11.8 Å². The first-order valence-electron chi connectivity index (χ1n) is 6.99. The molecule has 4 nitrogen and oxygen atoms in total. The van der Waals surface area contributed by atoms with Crippen molar-refractivity contribution in [1.29, 1.82) is 0 Å². The standard InChI is InChI=1S/C17H16Cl2N2O2/c1-21(11-12-6-3-2-4-7-12)16(23)10-15(22)20-17-13(18)8-5-9-14(17)19/h2-9H,10-11H2,1H3,(H,20,22). The molecule has 2 amide bonds. The molecule has 0 bridgehead atoms. The third-order valence-corrected chi connectivity index (χ3v) is 3.86. The summed E-state index contributed by atoms with van der Waals surface area (Å²) in [4.78, 5) is 25.6. The molecule has 0 aliphatic carbocycles. The SMILES string of the molecule is CN(Cc1ccccc1)C(=O)CC(=O)Nc1c(Cl)cccc1Cl. The lowest BCUT2D eigenvalue weighted by Crippen LogP contribution is -2.30. The van der Waals surface area contributed by atoms with Crippen LogP contribution in [0.25, 0.3) is 0 Å². The summed E-state index contributed by atoms with van der Waals surface area (Å²) in [5.74, 6) is -0.737. The topological polar surface area (TPSA) is 49.4 Å². The lowest BCUT2D eigenvalue weighted by molar-refractivity contribution is -0.133. The maximum atomic E-state index is 12.1. The smallest absolute Gasteiger partial charge is 0.233 e. The number of nitrogens with one attached hydrogen (secondary N) is 1. The number of para-hydroxylation sites is 1. The number of rotatable bonds is 5. The van der Waals surface area contributed by atoms with Crippen LogP contribution in [0.15, 0.2) is 48.5 Å². The fourth-order valence-electron chi connectivity index (χ4n) is 2.02. The Morgan fingerprint density at radius 3 is 2.22 bits per heavy atom. The van der Waals surface area contributed by atoms with Gasteiger partial charge in [0, 0.05) is 13.6 Å². The zero-order valence-electron chi connectivity index (χ0n) is 12.6. The number of amides is 2. The van der Waals surface area contributed by atoms with Gasteiger partial charge in [-0.05, 0) is 17.7 Å². The molecule has 2 aromatic rings. The predicted octanol–water partition coefficient (Wildman–Crippen LogP) is 3.98. The van der Waals surface area contributed by atoms with Gasteiger partial charge in [0.1, 0.15) is 6.42 Å². The summed E-state index contributed by atoms with van der Waals surface area (Å²) in [6, 6.07) is 14.5. The average Bonchev–Trinajstić information content (AvgIpc) is 2.52. The molecule has 0 heterocycles. The number of nitrogens with zero attached hydrogens (tertiary/aromatic N) is 1. The Balaban J connectivity index is 1.93. The molecular formula is C17H16Cl2N2O2. The van der Waals surface area contributed by atoms with Crippen LogP contribution >= 0.6 is 23.2 Å². The van der Waals surface area contributed by atoms with Crippen molar-refractivity contribution < 1.29 is 9.59 Å². The molecule has 0 unspecified atom stereocenters. The van der Waals surface area contributed by atoms with Gasteiger partial charge in [-0.2, -0.15) is 0 Å². The first-order valence-corrected chi connectivity index (χ1v) is 7.74. The molecule has 6 heteroatoms. The summed E-state index contributed by atoms with van der Waals surface area (Å²) in [5, 5.41) is 3.24. The first-order chi connectivity index (χ1) is 11.0.